The topological polar surface area (TPSA) is 66.6 Å². The van der Waals surface area contributed by atoms with Gasteiger partial charge < -0.3 is 10.8 Å². The second-order valence-electron chi connectivity index (χ2n) is 4.66. The van der Waals surface area contributed by atoms with Crippen LogP contribution in [-0.2, 0) is 4.79 Å². The van der Waals surface area contributed by atoms with Crippen molar-refractivity contribution >= 4 is 5.97 Å². The maximum absolute atomic E-state index is 11.2. The molecule has 1 aliphatic carbocycles. The quantitative estimate of drug-likeness (QED) is 0.747. The highest BCUT2D eigenvalue weighted by Crippen LogP contribution is 2.24. The largest absolute Gasteiger partial charge is 0.480 e. The Labute approximate surface area is 97.8 Å². The number of carbonyl (C=O) groups is 1. The summed E-state index contributed by atoms with van der Waals surface area (Å²) in [6.07, 6.45) is 4.80. The molecule has 0 amide bonds. The Hall–Kier alpha value is -0.610. The lowest BCUT2D eigenvalue weighted by molar-refractivity contribution is -0.144. The molecule has 1 saturated carbocycles. The van der Waals surface area contributed by atoms with Crippen LogP contribution in [0.2, 0.25) is 0 Å². The molecule has 0 heterocycles. The van der Waals surface area contributed by atoms with Crippen LogP contribution in [0.3, 0.4) is 0 Å². The van der Waals surface area contributed by atoms with E-state index in [1.54, 1.807) is 0 Å². The minimum Gasteiger partial charge on any atom is -0.480 e. The van der Waals surface area contributed by atoms with E-state index in [9.17, 15) is 9.90 Å². The number of hydrogen-bond donors (Lipinski definition) is 2. The lowest BCUT2D eigenvalue weighted by atomic mass is 9.89. The molecule has 0 saturated heterocycles. The Morgan fingerprint density at radius 2 is 1.94 bits per heavy atom. The van der Waals surface area contributed by atoms with Crippen molar-refractivity contribution in [3.05, 3.63) is 0 Å². The first-order valence-corrected chi connectivity index (χ1v) is 6.34. The maximum Gasteiger partial charge on any atom is 0.320 e. The second kappa shape index (κ2) is 6.21. The highest BCUT2D eigenvalue weighted by molar-refractivity contribution is 5.73. The molecule has 16 heavy (non-hydrogen) atoms. The molecule has 0 aromatic heterocycles. The van der Waals surface area contributed by atoms with Crippen LogP contribution in [0.5, 0.6) is 0 Å². The molecule has 4 heteroatoms. The van der Waals surface area contributed by atoms with Gasteiger partial charge in [-0.3, -0.25) is 9.69 Å². The van der Waals surface area contributed by atoms with Gasteiger partial charge in [-0.05, 0) is 38.6 Å². The molecular weight excluding hydrogens is 204 g/mol. The zero-order valence-electron chi connectivity index (χ0n) is 10.4. The average molecular weight is 228 g/mol. The zero-order chi connectivity index (χ0) is 12.1. The number of carboxylic acid groups (broad SMARTS) is 1. The first-order valence-electron chi connectivity index (χ1n) is 6.34. The van der Waals surface area contributed by atoms with Gasteiger partial charge in [0.2, 0.25) is 0 Å². The normalized spacial score (nSPS) is 28.0. The summed E-state index contributed by atoms with van der Waals surface area (Å²) in [4.78, 5) is 13.3. The van der Waals surface area contributed by atoms with Crippen molar-refractivity contribution in [3.8, 4) is 0 Å². The Morgan fingerprint density at radius 3 is 2.31 bits per heavy atom. The molecular formula is C12H24N2O2. The standard InChI is InChI=1S/C12H24N2O2/c1-3-11(12(15)16)14(4-2)10-7-5-9(13)6-8-10/h9-11H,3-8,13H2,1-2H3,(H,15,16). The van der Waals surface area contributed by atoms with Crippen molar-refractivity contribution in [1.29, 1.82) is 0 Å². The Kier molecular flexibility index (Phi) is 5.22. The number of hydrogen-bond acceptors (Lipinski definition) is 3. The van der Waals surface area contributed by atoms with Gasteiger partial charge in [0.1, 0.15) is 6.04 Å². The van der Waals surface area contributed by atoms with E-state index in [0.29, 0.717) is 18.5 Å². The van der Waals surface area contributed by atoms with Gasteiger partial charge in [0, 0.05) is 12.1 Å². The third-order valence-electron chi connectivity index (χ3n) is 3.65. The summed E-state index contributed by atoms with van der Waals surface area (Å²) < 4.78 is 0. The lowest BCUT2D eigenvalue weighted by Gasteiger charge is -2.38. The van der Waals surface area contributed by atoms with Crippen molar-refractivity contribution in [2.24, 2.45) is 5.73 Å². The Balaban J connectivity index is 2.62. The van der Waals surface area contributed by atoms with E-state index in [2.05, 4.69) is 4.90 Å². The molecule has 94 valence electrons. The molecule has 0 aromatic carbocycles. The number of likely N-dealkylation sites (N-methyl/N-ethyl adjacent to an activating group) is 1. The van der Waals surface area contributed by atoms with Crippen LogP contribution in [0.15, 0.2) is 0 Å². The molecule has 0 aliphatic heterocycles. The number of nitrogens with zero attached hydrogens (tertiary/aromatic N) is 1. The second-order valence-corrected chi connectivity index (χ2v) is 4.66. The molecule has 3 N–H and O–H groups in total. The van der Waals surface area contributed by atoms with Gasteiger partial charge in [-0.25, -0.2) is 0 Å². The summed E-state index contributed by atoms with van der Waals surface area (Å²) in [6, 6.07) is 0.398. The van der Waals surface area contributed by atoms with Crippen molar-refractivity contribution in [2.75, 3.05) is 6.54 Å². The fourth-order valence-corrected chi connectivity index (χ4v) is 2.72. The lowest BCUT2D eigenvalue weighted by Crippen LogP contribution is -2.49. The molecule has 1 unspecified atom stereocenters. The van der Waals surface area contributed by atoms with Crippen LogP contribution in [-0.4, -0.2) is 40.6 Å². The molecule has 4 nitrogen and oxygen atoms in total. The van der Waals surface area contributed by atoms with Gasteiger partial charge in [-0.1, -0.05) is 13.8 Å². The van der Waals surface area contributed by atoms with Crippen molar-refractivity contribution < 1.29 is 9.90 Å². The number of nitrogens with two attached hydrogens (primary N) is 1. The van der Waals surface area contributed by atoms with E-state index in [4.69, 9.17) is 5.73 Å². The molecule has 0 radical (unpaired) electrons. The van der Waals surface area contributed by atoms with Crippen LogP contribution >= 0.6 is 0 Å². The minimum atomic E-state index is -0.695. The van der Waals surface area contributed by atoms with Crippen LogP contribution in [0, 0.1) is 0 Å². The summed E-state index contributed by atoms with van der Waals surface area (Å²) in [6.45, 7) is 4.79. The fraction of sp³-hybridized carbons (Fsp3) is 0.917. The van der Waals surface area contributed by atoms with Gasteiger partial charge in [-0.15, -0.1) is 0 Å². The molecule has 0 spiro atoms. The van der Waals surface area contributed by atoms with E-state index in [0.717, 1.165) is 32.2 Å². The third kappa shape index (κ3) is 3.19. The minimum absolute atomic E-state index is 0.319. The summed E-state index contributed by atoms with van der Waals surface area (Å²) in [5.74, 6) is -0.695. The van der Waals surface area contributed by atoms with Crippen molar-refractivity contribution in [2.45, 2.75) is 64.1 Å². The van der Waals surface area contributed by atoms with E-state index < -0.39 is 5.97 Å². The van der Waals surface area contributed by atoms with Crippen LogP contribution in [0.1, 0.15) is 46.0 Å². The summed E-state index contributed by atoms with van der Waals surface area (Å²) in [7, 11) is 0. The van der Waals surface area contributed by atoms with Gasteiger partial charge in [-0.2, -0.15) is 0 Å². The molecule has 1 rings (SSSR count). The zero-order valence-corrected chi connectivity index (χ0v) is 10.4. The fourth-order valence-electron chi connectivity index (χ4n) is 2.72. The molecule has 1 atom stereocenters. The number of rotatable bonds is 5. The van der Waals surface area contributed by atoms with E-state index in [1.807, 2.05) is 13.8 Å². The van der Waals surface area contributed by atoms with Crippen LogP contribution < -0.4 is 5.73 Å². The summed E-state index contributed by atoms with van der Waals surface area (Å²) in [5.41, 5.74) is 5.87. The van der Waals surface area contributed by atoms with Crippen molar-refractivity contribution in [1.82, 2.24) is 4.90 Å². The van der Waals surface area contributed by atoms with Gasteiger partial charge in [0.25, 0.3) is 0 Å². The Bertz CT molecular complexity index is 225. The molecule has 1 fully saturated rings. The summed E-state index contributed by atoms with van der Waals surface area (Å²) >= 11 is 0. The predicted octanol–water partition coefficient (Wildman–Crippen LogP) is 1.44. The van der Waals surface area contributed by atoms with Crippen LogP contribution in [0.4, 0.5) is 0 Å². The molecule has 1 aliphatic rings. The predicted molar refractivity (Wildman–Crippen MR) is 64.3 cm³/mol. The average Bonchev–Trinajstić information content (AvgIpc) is 2.26. The maximum atomic E-state index is 11.2. The van der Waals surface area contributed by atoms with Crippen LogP contribution in [0.25, 0.3) is 0 Å². The van der Waals surface area contributed by atoms with Gasteiger partial charge >= 0.3 is 5.97 Å². The number of carboxylic acids is 1. The third-order valence-corrected chi connectivity index (χ3v) is 3.65. The van der Waals surface area contributed by atoms with Crippen molar-refractivity contribution in [3.63, 3.8) is 0 Å². The van der Waals surface area contributed by atoms with E-state index in [-0.39, 0.29) is 6.04 Å². The van der Waals surface area contributed by atoms with Gasteiger partial charge in [0.05, 0.1) is 0 Å². The van der Waals surface area contributed by atoms with E-state index >= 15 is 0 Å². The monoisotopic (exact) mass is 228 g/mol. The highest BCUT2D eigenvalue weighted by Gasteiger charge is 2.30. The van der Waals surface area contributed by atoms with E-state index in [1.165, 1.54) is 0 Å². The molecule has 0 aromatic rings. The molecule has 0 bridgehead atoms. The highest BCUT2D eigenvalue weighted by atomic mass is 16.4. The number of aliphatic carboxylic acids is 1. The summed E-state index contributed by atoms with van der Waals surface area (Å²) in [5, 5.41) is 9.19. The SMILES string of the molecule is CCC(C(=O)O)N(CC)C1CCC(N)CC1. The van der Waals surface area contributed by atoms with Gasteiger partial charge in [0.15, 0.2) is 0 Å². The first kappa shape index (κ1) is 13.5. The smallest absolute Gasteiger partial charge is 0.320 e. The first-order chi connectivity index (χ1) is 7.60. The Morgan fingerprint density at radius 1 is 1.38 bits per heavy atom.